The van der Waals surface area contributed by atoms with Crippen LogP contribution in [0.2, 0.25) is 0 Å². The quantitative estimate of drug-likeness (QED) is 0.761. The number of halogens is 1. The van der Waals surface area contributed by atoms with Gasteiger partial charge in [-0.25, -0.2) is 4.79 Å². The molecule has 0 saturated carbocycles. The van der Waals surface area contributed by atoms with Crippen molar-refractivity contribution in [2.45, 2.75) is 12.5 Å². The van der Waals surface area contributed by atoms with Crippen LogP contribution in [0.25, 0.3) is 10.9 Å². The lowest BCUT2D eigenvalue weighted by atomic mass is 10.0. The number of piperidine rings is 1. The van der Waals surface area contributed by atoms with Gasteiger partial charge < -0.3 is 25.3 Å². The predicted octanol–water partition coefficient (Wildman–Crippen LogP) is 0.981. The summed E-state index contributed by atoms with van der Waals surface area (Å²) >= 11 is 0. The molecule has 1 aromatic carbocycles. The summed E-state index contributed by atoms with van der Waals surface area (Å²) in [6.07, 6.45) is 1.20. The number of ether oxygens (including phenoxy) is 1. The highest BCUT2D eigenvalue weighted by atomic mass is 19.2. The van der Waals surface area contributed by atoms with Gasteiger partial charge in [-0.15, -0.1) is 0 Å². The molecule has 27 heavy (non-hydrogen) atoms. The van der Waals surface area contributed by atoms with Crippen LogP contribution in [0.5, 0.6) is 5.75 Å². The summed E-state index contributed by atoms with van der Waals surface area (Å²) in [5.74, 6) is -1.37. The topological polar surface area (TPSA) is 119 Å². The normalized spacial score (nSPS) is 18.7. The molecule has 1 aliphatic rings. The van der Waals surface area contributed by atoms with Crippen LogP contribution in [0.4, 0.5) is 10.2 Å². The van der Waals surface area contributed by atoms with Crippen molar-refractivity contribution in [2.24, 2.45) is 10.9 Å². The van der Waals surface area contributed by atoms with Crippen LogP contribution in [-0.2, 0) is 4.84 Å². The fourth-order valence-electron chi connectivity index (χ4n) is 3.26. The fourth-order valence-corrected chi connectivity index (χ4v) is 3.26. The molecule has 1 atom stereocenters. The number of nitrogens with zero attached hydrogens (tertiary/aromatic N) is 3. The highest BCUT2D eigenvalue weighted by Crippen LogP contribution is 2.36. The number of anilines is 1. The van der Waals surface area contributed by atoms with Crippen molar-refractivity contribution >= 4 is 28.3 Å². The minimum Gasteiger partial charge on any atom is -0.492 e. The molecule has 9 nitrogen and oxygen atoms in total. The van der Waals surface area contributed by atoms with E-state index in [1.54, 1.807) is 6.07 Å². The van der Waals surface area contributed by atoms with E-state index >= 15 is 0 Å². The second-order valence-electron chi connectivity index (χ2n) is 6.07. The fraction of sp³-hybridized carbons (Fsp3) is 0.353. The Hall–Kier alpha value is -3.14. The van der Waals surface area contributed by atoms with E-state index in [0.717, 1.165) is 5.71 Å². The van der Waals surface area contributed by atoms with Crippen molar-refractivity contribution in [3.8, 4) is 5.75 Å². The summed E-state index contributed by atoms with van der Waals surface area (Å²) in [5, 5.41) is 12.9. The van der Waals surface area contributed by atoms with Crippen molar-refractivity contribution in [2.75, 3.05) is 32.2 Å². The van der Waals surface area contributed by atoms with Gasteiger partial charge in [-0.3, -0.25) is 4.79 Å². The molecule has 1 aromatic heterocycles. The van der Waals surface area contributed by atoms with Crippen LogP contribution >= 0.6 is 0 Å². The first-order chi connectivity index (χ1) is 12.9. The molecule has 3 N–H and O–H groups in total. The number of aromatic nitrogens is 1. The number of pyridine rings is 1. The van der Waals surface area contributed by atoms with Gasteiger partial charge in [-0.05, 0) is 12.1 Å². The molecular weight excluding hydrogens is 359 g/mol. The molecule has 0 spiro atoms. The lowest BCUT2D eigenvalue weighted by Crippen LogP contribution is -2.49. The second kappa shape index (κ2) is 7.23. The molecule has 3 rings (SSSR count). The van der Waals surface area contributed by atoms with E-state index in [2.05, 4.69) is 5.16 Å². The number of fused-ring (bicyclic) bond motifs is 1. The van der Waals surface area contributed by atoms with Gasteiger partial charge in [0.1, 0.15) is 18.2 Å². The Labute approximate surface area is 153 Å². The SMILES string of the molecule is CON=C1CCN(c2ccc3c(=O)c(C(=O)O)cn(F)c3c2OC)CC1N. The van der Waals surface area contributed by atoms with Crippen LogP contribution in [0.15, 0.2) is 28.3 Å². The summed E-state index contributed by atoms with van der Waals surface area (Å²) < 4.78 is 19.9. The summed E-state index contributed by atoms with van der Waals surface area (Å²) in [6.45, 7) is 0.940. The van der Waals surface area contributed by atoms with Crippen LogP contribution in [0.3, 0.4) is 0 Å². The lowest BCUT2D eigenvalue weighted by Gasteiger charge is -2.34. The number of methoxy groups -OCH3 is 1. The summed E-state index contributed by atoms with van der Waals surface area (Å²) in [7, 11) is 2.81. The zero-order valence-corrected chi connectivity index (χ0v) is 14.8. The van der Waals surface area contributed by atoms with Crippen molar-refractivity contribution in [1.82, 2.24) is 4.79 Å². The first-order valence-electron chi connectivity index (χ1n) is 8.15. The van der Waals surface area contributed by atoms with Gasteiger partial charge in [0.15, 0.2) is 5.75 Å². The van der Waals surface area contributed by atoms with E-state index in [9.17, 15) is 14.1 Å². The van der Waals surface area contributed by atoms with E-state index in [1.807, 2.05) is 4.90 Å². The largest absolute Gasteiger partial charge is 0.492 e. The van der Waals surface area contributed by atoms with E-state index < -0.39 is 17.0 Å². The Bertz CT molecular complexity index is 987. The number of carboxylic acids is 1. The highest BCUT2D eigenvalue weighted by molar-refractivity contribution is 5.97. The van der Waals surface area contributed by atoms with Crippen LogP contribution in [-0.4, -0.2) is 54.9 Å². The average Bonchev–Trinajstić information content (AvgIpc) is 2.65. The maximum atomic E-state index is 14.6. The zero-order chi connectivity index (χ0) is 19.7. The Balaban J connectivity index is 2.12. The molecule has 0 aliphatic carbocycles. The molecule has 10 heteroatoms. The number of oxime groups is 1. The van der Waals surface area contributed by atoms with Crippen molar-refractivity contribution in [3.05, 3.63) is 34.1 Å². The number of carboxylic acid groups (broad SMARTS) is 1. The second-order valence-corrected chi connectivity index (χ2v) is 6.07. The van der Waals surface area contributed by atoms with E-state index in [-0.39, 0.29) is 27.5 Å². The predicted molar refractivity (Wildman–Crippen MR) is 97.5 cm³/mol. The van der Waals surface area contributed by atoms with Gasteiger partial charge >= 0.3 is 5.97 Å². The molecule has 2 aromatic rings. The number of rotatable bonds is 4. The Morgan fingerprint density at radius 2 is 2.15 bits per heavy atom. The third-order valence-corrected chi connectivity index (χ3v) is 4.52. The monoisotopic (exact) mass is 378 g/mol. The highest BCUT2D eigenvalue weighted by Gasteiger charge is 2.27. The summed E-state index contributed by atoms with van der Waals surface area (Å²) in [5.41, 5.74) is 5.83. The first-order valence-corrected chi connectivity index (χ1v) is 8.15. The Kier molecular flexibility index (Phi) is 5.00. The number of hydrogen-bond acceptors (Lipinski definition) is 7. The maximum absolute atomic E-state index is 14.6. The van der Waals surface area contributed by atoms with Crippen molar-refractivity contribution in [1.29, 1.82) is 0 Å². The lowest BCUT2D eigenvalue weighted by molar-refractivity contribution is 0.0693. The molecule has 1 unspecified atom stereocenters. The Morgan fingerprint density at radius 3 is 2.74 bits per heavy atom. The smallest absolute Gasteiger partial charge is 0.341 e. The number of benzene rings is 1. The van der Waals surface area contributed by atoms with E-state index in [1.165, 1.54) is 20.3 Å². The van der Waals surface area contributed by atoms with Crippen molar-refractivity contribution in [3.63, 3.8) is 0 Å². The standard InChI is InChI=1S/C17H19FN4O5/c1-26-16-13(21-6-5-12(20-27-2)11(19)8-21)4-3-9-14(16)22(18)7-10(15(9)23)17(24)25/h3-4,7,11H,5-6,8,19H2,1-2H3,(H,24,25). The molecule has 0 bridgehead atoms. The minimum absolute atomic E-state index is 0.0825. The molecule has 1 saturated heterocycles. The number of carbonyl (C=O) groups is 1. The summed E-state index contributed by atoms with van der Waals surface area (Å²) in [6, 6.07) is 2.61. The summed E-state index contributed by atoms with van der Waals surface area (Å²) in [4.78, 5) is 30.3. The number of aromatic carboxylic acids is 1. The van der Waals surface area contributed by atoms with Gasteiger partial charge in [-0.1, -0.05) is 9.64 Å². The number of hydrogen-bond donors (Lipinski definition) is 2. The van der Waals surface area contributed by atoms with E-state index in [0.29, 0.717) is 31.4 Å². The average molecular weight is 378 g/mol. The van der Waals surface area contributed by atoms with Gasteiger partial charge in [0.05, 0.1) is 36.1 Å². The van der Waals surface area contributed by atoms with Gasteiger partial charge in [0, 0.05) is 19.5 Å². The molecule has 0 amide bonds. The molecule has 144 valence electrons. The van der Waals surface area contributed by atoms with Crippen LogP contribution in [0, 0.1) is 0 Å². The van der Waals surface area contributed by atoms with Crippen molar-refractivity contribution < 1.29 is 24.0 Å². The van der Waals surface area contributed by atoms with Gasteiger partial charge in [0.25, 0.3) is 0 Å². The minimum atomic E-state index is -1.50. The maximum Gasteiger partial charge on any atom is 0.341 e. The van der Waals surface area contributed by atoms with Gasteiger partial charge in [-0.2, -0.15) is 4.79 Å². The number of nitrogens with two attached hydrogens (primary N) is 1. The van der Waals surface area contributed by atoms with Crippen LogP contribution in [0.1, 0.15) is 16.8 Å². The molecular formula is C17H19FN4O5. The molecule has 1 aliphatic heterocycles. The first kappa shape index (κ1) is 18.6. The van der Waals surface area contributed by atoms with E-state index in [4.69, 9.17) is 20.4 Å². The van der Waals surface area contributed by atoms with Gasteiger partial charge in [0.2, 0.25) is 5.43 Å². The molecule has 1 fully saturated rings. The molecule has 2 heterocycles. The third-order valence-electron chi connectivity index (χ3n) is 4.52. The Morgan fingerprint density at radius 1 is 1.41 bits per heavy atom. The third kappa shape index (κ3) is 3.19. The van der Waals surface area contributed by atoms with Crippen LogP contribution < -0.4 is 20.8 Å². The molecule has 0 radical (unpaired) electrons. The zero-order valence-electron chi connectivity index (χ0n) is 14.8.